The van der Waals surface area contributed by atoms with Crippen molar-refractivity contribution in [3.05, 3.63) is 52.4 Å². The Labute approximate surface area is 151 Å². The van der Waals surface area contributed by atoms with Gasteiger partial charge in [-0.15, -0.1) is 0 Å². The first-order valence-electron chi connectivity index (χ1n) is 5.67. The van der Waals surface area contributed by atoms with E-state index in [4.69, 9.17) is 4.55 Å². The standard InChI is InChI=1S/C12HF9O3S.Ga.3H/c13-3-1(4(14)8(18)9(19)7(3)17)2-5(15)10(20)12(25(22,23)24)11(21)6(2)16;;;;/h(H,22,23,24);;;;. The Hall–Kier alpha value is -1.64. The predicted octanol–water partition coefficient (Wildman–Crippen LogP) is 2.67. The van der Waals surface area contributed by atoms with Crippen molar-refractivity contribution in [3.63, 3.8) is 0 Å². The van der Waals surface area contributed by atoms with Gasteiger partial charge in [-0.25, -0.2) is 39.5 Å². The van der Waals surface area contributed by atoms with Gasteiger partial charge in [-0.2, -0.15) is 8.42 Å². The maximum absolute atomic E-state index is 13.8. The molecule has 0 aliphatic heterocycles. The average Bonchev–Trinajstić information content (AvgIpc) is 2.51. The molecule has 0 aliphatic carbocycles. The van der Waals surface area contributed by atoms with Crippen molar-refractivity contribution >= 4 is 29.9 Å². The second kappa shape index (κ2) is 7.17. The number of hydrogen-bond donors (Lipinski definition) is 1. The Balaban J connectivity index is 0.00000338. The number of halogens is 9. The van der Waals surface area contributed by atoms with Crippen LogP contribution in [-0.2, 0) is 10.1 Å². The van der Waals surface area contributed by atoms with Crippen molar-refractivity contribution in [2.24, 2.45) is 0 Å². The zero-order valence-electron chi connectivity index (χ0n) is 11.1. The van der Waals surface area contributed by atoms with Crippen LogP contribution in [0.3, 0.4) is 0 Å². The maximum atomic E-state index is 13.8. The summed E-state index contributed by atoms with van der Waals surface area (Å²) in [4.78, 5) is -2.55. The van der Waals surface area contributed by atoms with E-state index in [1.807, 2.05) is 0 Å². The van der Waals surface area contributed by atoms with Gasteiger partial charge in [0.15, 0.2) is 51.4 Å². The second-order valence-electron chi connectivity index (χ2n) is 4.38. The Morgan fingerprint density at radius 3 is 1.00 bits per heavy atom. The summed E-state index contributed by atoms with van der Waals surface area (Å²) >= 11 is 0. The first kappa shape index (κ1) is 22.4. The third-order valence-electron chi connectivity index (χ3n) is 2.94. The summed E-state index contributed by atoms with van der Waals surface area (Å²) < 4.78 is 151. The molecule has 14 heteroatoms. The van der Waals surface area contributed by atoms with Crippen LogP contribution in [0.15, 0.2) is 4.90 Å². The zero-order valence-corrected chi connectivity index (χ0v) is 11.9. The van der Waals surface area contributed by atoms with Crippen LogP contribution in [0.5, 0.6) is 0 Å². The molecular weight excluding hydrogens is 465 g/mol. The van der Waals surface area contributed by atoms with Gasteiger partial charge in [0.1, 0.15) is 0 Å². The molecular formula is C12H4F9GaO3S. The fraction of sp³-hybridized carbons (Fsp3) is 0. The summed E-state index contributed by atoms with van der Waals surface area (Å²) in [6, 6.07) is 0. The molecule has 1 N–H and O–H groups in total. The monoisotopic (exact) mass is 468 g/mol. The summed E-state index contributed by atoms with van der Waals surface area (Å²) in [6.07, 6.45) is 0. The predicted molar refractivity (Wildman–Crippen MR) is 71.3 cm³/mol. The van der Waals surface area contributed by atoms with E-state index in [0.717, 1.165) is 0 Å². The minimum absolute atomic E-state index is 0. The molecule has 3 nitrogen and oxygen atoms in total. The normalized spacial score (nSPS) is 11.5. The molecule has 0 aromatic heterocycles. The van der Waals surface area contributed by atoms with Crippen molar-refractivity contribution in [1.29, 1.82) is 0 Å². The summed E-state index contributed by atoms with van der Waals surface area (Å²) in [6.45, 7) is 0. The van der Waals surface area contributed by atoms with Gasteiger partial charge < -0.3 is 0 Å². The van der Waals surface area contributed by atoms with Gasteiger partial charge in [-0.1, -0.05) is 0 Å². The van der Waals surface area contributed by atoms with Crippen LogP contribution in [0.25, 0.3) is 11.1 Å². The van der Waals surface area contributed by atoms with Gasteiger partial charge in [0.05, 0.1) is 11.1 Å². The molecule has 0 spiro atoms. The average molecular weight is 469 g/mol. The van der Waals surface area contributed by atoms with Gasteiger partial charge in [0.2, 0.25) is 5.82 Å². The molecule has 2 aromatic rings. The zero-order chi connectivity index (χ0) is 19.4. The van der Waals surface area contributed by atoms with E-state index < -0.39 is 78.5 Å². The molecule has 26 heavy (non-hydrogen) atoms. The Morgan fingerprint density at radius 1 is 0.500 bits per heavy atom. The topological polar surface area (TPSA) is 54.4 Å². The Bertz CT molecular complexity index is 966. The molecule has 0 atom stereocenters. The minimum atomic E-state index is -5.88. The van der Waals surface area contributed by atoms with Crippen LogP contribution in [-0.4, -0.2) is 32.8 Å². The molecule has 0 saturated heterocycles. The van der Waals surface area contributed by atoms with E-state index in [0.29, 0.717) is 0 Å². The van der Waals surface area contributed by atoms with Crippen molar-refractivity contribution < 1.29 is 52.5 Å². The fourth-order valence-corrected chi connectivity index (χ4v) is 2.51. The second-order valence-corrected chi connectivity index (χ2v) is 5.74. The van der Waals surface area contributed by atoms with Crippen molar-refractivity contribution in [1.82, 2.24) is 0 Å². The summed E-state index contributed by atoms with van der Waals surface area (Å²) in [5, 5.41) is 0. The molecule has 0 unspecified atom stereocenters. The van der Waals surface area contributed by atoms with Gasteiger partial charge in [0.25, 0.3) is 0 Å². The van der Waals surface area contributed by atoms with Crippen LogP contribution >= 0.6 is 0 Å². The van der Waals surface area contributed by atoms with Gasteiger partial charge in [-0.3, -0.25) is 4.55 Å². The molecule has 0 bridgehead atoms. The summed E-state index contributed by atoms with van der Waals surface area (Å²) in [7, 11) is -5.88. The molecule has 0 saturated carbocycles. The molecule has 0 aliphatic rings. The summed E-state index contributed by atoms with van der Waals surface area (Å²) in [5.74, 6) is -25.0. The first-order chi connectivity index (χ1) is 11.3. The van der Waals surface area contributed by atoms with E-state index >= 15 is 0 Å². The molecule has 0 amide bonds. The van der Waals surface area contributed by atoms with E-state index in [1.54, 1.807) is 0 Å². The Morgan fingerprint density at radius 2 is 0.731 bits per heavy atom. The van der Waals surface area contributed by atoms with Crippen LogP contribution in [0.4, 0.5) is 39.5 Å². The molecule has 0 radical (unpaired) electrons. The van der Waals surface area contributed by atoms with Crippen molar-refractivity contribution in [2.45, 2.75) is 4.90 Å². The molecule has 2 aromatic carbocycles. The van der Waals surface area contributed by atoms with Gasteiger partial charge in [0, 0.05) is 0 Å². The molecule has 0 heterocycles. The molecule has 2 rings (SSSR count). The number of hydrogen-bond acceptors (Lipinski definition) is 2. The van der Waals surface area contributed by atoms with Crippen molar-refractivity contribution in [3.8, 4) is 11.1 Å². The molecule has 0 fully saturated rings. The third kappa shape index (κ3) is 3.21. The fourth-order valence-electron chi connectivity index (χ4n) is 1.88. The van der Waals surface area contributed by atoms with Crippen LogP contribution < -0.4 is 0 Å². The van der Waals surface area contributed by atoms with Crippen molar-refractivity contribution in [2.75, 3.05) is 0 Å². The number of benzene rings is 2. The van der Waals surface area contributed by atoms with Crippen LogP contribution in [0.2, 0.25) is 0 Å². The van der Waals surface area contributed by atoms with E-state index in [9.17, 15) is 47.9 Å². The Kier molecular flexibility index (Phi) is 6.17. The van der Waals surface area contributed by atoms with E-state index in [-0.39, 0.29) is 19.8 Å². The van der Waals surface area contributed by atoms with Crippen LogP contribution in [0.1, 0.15) is 0 Å². The van der Waals surface area contributed by atoms with Gasteiger partial charge >= 0.3 is 29.9 Å². The quantitative estimate of drug-likeness (QED) is 0.242. The third-order valence-corrected chi connectivity index (χ3v) is 3.82. The van der Waals surface area contributed by atoms with E-state index in [1.165, 1.54) is 0 Å². The SMILES string of the molecule is O=S(=O)(O)c1c(F)c(F)c(-c2c(F)c(F)c(F)c(F)c2F)c(F)c1F.[GaH3]. The molecule has 142 valence electrons. The van der Waals surface area contributed by atoms with E-state index in [2.05, 4.69) is 0 Å². The first-order valence-corrected chi connectivity index (χ1v) is 7.11. The number of rotatable bonds is 2. The summed E-state index contributed by atoms with van der Waals surface area (Å²) in [5.41, 5.74) is -4.76. The van der Waals surface area contributed by atoms with Crippen LogP contribution in [0, 0.1) is 52.4 Å². The van der Waals surface area contributed by atoms with Gasteiger partial charge in [-0.05, 0) is 0 Å².